The maximum absolute atomic E-state index is 13.6. The molecule has 0 aromatic heterocycles. The lowest BCUT2D eigenvalue weighted by Gasteiger charge is -2.27. The van der Waals surface area contributed by atoms with Crippen molar-refractivity contribution in [3.05, 3.63) is 29.6 Å². The predicted octanol–water partition coefficient (Wildman–Crippen LogP) is 1.27. The van der Waals surface area contributed by atoms with Gasteiger partial charge in [0.05, 0.1) is 0 Å². The van der Waals surface area contributed by atoms with Crippen molar-refractivity contribution >= 4 is 5.69 Å². The molecule has 1 fully saturated rings. The fourth-order valence-electron chi connectivity index (χ4n) is 1.96. The molecule has 2 N–H and O–H groups in total. The number of rotatable bonds is 3. The smallest absolute Gasteiger partial charge is 0.127 e. The Hall–Kier alpha value is -1.13. The fourth-order valence-corrected chi connectivity index (χ4v) is 1.96. The van der Waals surface area contributed by atoms with E-state index < -0.39 is 0 Å². The summed E-state index contributed by atoms with van der Waals surface area (Å²) in [6.45, 7) is 4.66. The van der Waals surface area contributed by atoms with Crippen LogP contribution < -0.4 is 10.6 Å². The third-order valence-electron chi connectivity index (χ3n) is 2.94. The average Bonchev–Trinajstić information content (AvgIpc) is 2.33. The van der Waals surface area contributed by atoms with Crippen LogP contribution in [-0.2, 0) is 6.54 Å². The number of hydrogen-bond acceptors (Lipinski definition) is 3. The van der Waals surface area contributed by atoms with Gasteiger partial charge in [0, 0.05) is 51.0 Å². The van der Waals surface area contributed by atoms with Gasteiger partial charge in [-0.1, -0.05) is 0 Å². The number of hydrogen-bond donors (Lipinski definition) is 2. The number of anilines is 1. The minimum atomic E-state index is -0.113. The zero-order chi connectivity index (χ0) is 11.4. The van der Waals surface area contributed by atoms with E-state index in [0.717, 1.165) is 37.4 Å². The molecule has 0 amide bonds. The normalized spacial score (nSPS) is 17.4. The van der Waals surface area contributed by atoms with Crippen molar-refractivity contribution < 1.29 is 4.39 Å². The largest absolute Gasteiger partial charge is 0.388 e. The first kappa shape index (κ1) is 11.4. The predicted molar refractivity (Wildman–Crippen MR) is 64.1 cm³/mol. The van der Waals surface area contributed by atoms with Gasteiger partial charge in [-0.25, -0.2) is 4.39 Å². The number of halogens is 1. The van der Waals surface area contributed by atoms with Gasteiger partial charge >= 0.3 is 0 Å². The lowest BCUT2D eigenvalue weighted by Crippen LogP contribution is -2.43. The van der Waals surface area contributed by atoms with Crippen LogP contribution in [0.2, 0.25) is 0 Å². The van der Waals surface area contributed by atoms with Gasteiger partial charge in [-0.2, -0.15) is 0 Å². The second-order valence-corrected chi connectivity index (χ2v) is 4.08. The molecule has 0 bridgehead atoms. The maximum atomic E-state index is 13.6. The first-order valence-corrected chi connectivity index (χ1v) is 5.69. The van der Waals surface area contributed by atoms with Crippen LogP contribution in [0.15, 0.2) is 18.2 Å². The first-order chi connectivity index (χ1) is 7.79. The molecule has 1 aromatic carbocycles. The molecule has 1 aromatic rings. The number of nitrogens with one attached hydrogen (secondary N) is 2. The third kappa shape index (κ3) is 2.71. The second kappa shape index (κ2) is 5.27. The second-order valence-electron chi connectivity index (χ2n) is 4.08. The molecule has 0 radical (unpaired) electrons. The highest BCUT2D eigenvalue weighted by Gasteiger charge is 2.12. The van der Waals surface area contributed by atoms with E-state index >= 15 is 0 Å². The molecule has 0 saturated carbocycles. The van der Waals surface area contributed by atoms with Crippen molar-refractivity contribution in [3.63, 3.8) is 0 Å². The summed E-state index contributed by atoms with van der Waals surface area (Å²) in [5, 5.41) is 6.32. The van der Waals surface area contributed by atoms with Crippen molar-refractivity contribution in [2.24, 2.45) is 0 Å². The summed E-state index contributed by atoms with van der Waals surface area (Å²) in [5.74, 6) is -0.113. The standard InChI is InChI=1S/C12H18FN3/c1-14-11-2-3-12(13)10(8-11)9-16-6-4-15-5-7-16/h2-3,8,14-15H,4-7,9H2,1H3. The highest BCUT2D eigenvalue weighted by Crippen LogP contribution is 2.16. The molecule has 0 aliphatic carbocycles. The third-order valence-corrected chi connectivity index (χ3v) is 2.94. The minimum Gasteiger partial charge on any atom is -0.388 e. The van der Waals surface area contributed by atoms with Gasteiger partial charge in [-0.3, -0.25) is 4.90 Å². The molecule has 0 atom stereocenters. The summed E-state index contributed by atoms with van der Waals surface area (Å²) in [7, 11) is 1.85. The first-order valence-electron chi connectivity index (χ1n) is 5.69. The van der Waals surface area contributed by atoms with E-state index in [-0.39, 0.29) is 5.82 Å². The van der Waals surface area contributed by atoms with Gasteiger partial charge in [0.15, 0.2) is 0 Å². The quantitative estimate of drug-likeness (QED) is 0.808. The molecule has 88 valence electrons. The van der Waals surface area contributed by atoms with E-state index in [2.05, 4.69) is 15.5 Å². The van der Waals surface area contributed by atoms with Crippen molar-refractivity contribution in [3.8, 4) is 0 Å². The van der Waals surface area contributed by atoms with Crippen molar-refractivity contribution in [2.45, 2.75) is 6.54 Å². The van der Waals surface area contributed by atoms with E-state index in [1.54, 1.807) is 6.07 Å². The van der Waals surface area contributed by atoms with Crippen molar-refractivity contribution in [1.29, 1.82) is 0 Å². The van der Waals surface area contributed by atoms with Gasteiger partial charge in [0.1, 0.15) is 5.82 Å². The summed E-state index contributed by atoms with van der Waals surface area (Å²) in [5.41, 5.74) is 1.74. The van der Waals surface area contributed by atoms with E-state index in [4.69, 9.17) is 0 Å². The molecule has 1 heterocycles. The Morgan fingerprint density at radius 3 is 2.81 bits per heavy atom. The van der Waals surface area contributed by atoms with Gasteiger partial charge in [0.25, 0.3) is 0 Å². The van der Waals surface area contributed by atoms with Crippen LogP contribution >= 0.6 is 0 Å². The Morgan fingerprint density at radius 1 is 1.38 bits per heavy atom. The van der Waals surface area contributed by atoms with Gasteiger partial charge in [-0.05, 0) is 18.2 Å². The molecular weight excluding hydrogens is 205 g/mol. The van der Waals surface area contributed by atoms with Gasteiger partial charge in [-0.15, -0.1) is 0 Å². The summed E-state index contributed by atoms with van der Waals surface area (Å²) >= 11 is 0. The SMILES string of the molecule is CNc1ccc(F)c(CN2CCNCC2)c1. The summed E-state index contributed by atoms with van der Waals surface area (Å²) in [4.78, 5) is 2.27. The summed E-state index contributed by atoms with van der Waals surface area (Å²) in [6, 6.07) is 5.18. The number of benzene rings is 1. The Balaban J connectivity index is 2.06. The lowest BCUT2D eigenvalue weighted by molar-refractivity contribution is 0.230. The fraction of sp³-hybridized carbons (Fsp3) is 0.500. The molecule has 1 aliphatic heterocycles. The maximum Gasteiger partial charge on any atom is 0.127 e. The lowest BCUT2D eigenvalue weighted by atomic mass is 10.1. The molecule has 4 heteroatoms. The number of nitrogens with zero attached hydrogens (tertiary/aromatic N) is 1. The zero-order valence-electron chi connectivity index (χ0n) is 9.59. The van der Waals surface area contributed by atoms with Gasteiger partial charge in [0.2, 0.25) is 0 Å². The topological polar surface area (TPSA) is 27.3 Å². The summed E-state index contributed by atoms with van der Waals surface area (Å²) in [6.07, 6.45) is 0. The Morgan fingerprint density at radius 2 is 2.12 bits per heavy atom. The molecule has 0 unspecified atom stereocenters. The molecular formula is C12H18FN3. The Labute approximate surface area is 95.6 Å². The monoisotopic (exact) mass is 223 g/mol. The van der Waals surface area contributed by atoms with E-state index in [0.29, 0.717) is 6.54 Å². The summed E-state index contributed by atoms with van der Waals surface area (Å²) < 4.78 is 13.6. The highest BCUT2D eigenvalue weighted by molar-refractivity contribution is 5.45. The van der Waals surface area contributed by atoms with Crippen molar-refractivity contribution in [2.75, 3.05) is 38.5 Å². The van der Waals surface area contributed by atoms with Crippen LogP contribution in [0, 0.1) is 5.82 Å². The van der Waals surface area contributed by atoms with E-state index in [9.17, 15) is 4.39 Å². The van der Waals surface area contributed by atoms with Crippen LogP contribution in [0.5, 0.6) is 0 Å². The Bertz CT molecular complexity index is 348. The zero-order valence-corrected chi connectivity index (χ0v) is 9.59. The van der Waals surface area contributed by atoms with Crippen molar-refractivity contribution in [1.82, 2.24) is 10.2 Å². The minimum absolute atomic E-state index is 0.113. The van der Waals surface area contributed by atoms with E-state index in [1.165, 1.54) is 6.07 Å². The molecule has 0 spiro atoms. The molecule has 2 rings (SSSR count). The Kier molecular flexibility index (Phi) is 3.74. The molecule has 1 saturated heterocycles. The molecule has 16 heavy (non-hydrogen) atoms. The van der Waals surface area contributed by atoms with E-state index in [1.807, 2.05) is 13.1 Å². The highest BCUT2D eigenvalue weighted by atomic mass is 19.1. The average molecular weight is 223 g/mol. The molecule has 3 nitrogen and oxygen atoms in total. The molecule has 1 aliphatic rings. The van der Waals surface area contributed by atoms with Crippen LogP contribution in [0.3, 0.4) is 0 Å². The van der Waals surface area contributed by atoms with Crippen LogP contribution in [0.4, 0.5) is 10.1 Å². The van der Waals surface area contributed by atoms with Crippen LogP contribution in [0.25, 0.3) is 0 Å². The van der Waals surface area contributed by atoms with Crippen LogP contribution in [-0.4, -0.2) is 38.1 Å². The van der Waals surface area contributed by atoms with Crippen LogP contribution in [0.1, 0.15) is 5.56 Å². The number of piperazine rings is 1. The van der Waals surface area contributed by atoms with Gasteiger partial charge < -0.3 is 10.6 Å².